The summed E-state index contributed by atoms with van der Waals surface area (Å²) >= 11 is 0. The summed E-state index contributed by atoms with van der Waals surface area (Å²) in [4.78, 5) is 0. The maximum Gasteiger partial charge on any atom is 0.118 e. The summed E-state index contributed by atoms with van der Waals surface area (Å²) in [5, 5.41) is 10.1. The zero-order valence-electron chi connectivity index (χ0n) is 8.29. The van der Waals surface area contributed by atoms with Crippen LogP contribution < -0.4 is 10.2 Å². The van der Waals surface area contributed by atoms with Gasteiger partial charge in [0.25, 0.3) is 0 Å². The van der Waals surface area contributed by atoms with Crippen molar-refractivity contribution >= 4 is 13.3 Å². The predicted molar refractivity (Wildman–Crippen MR) is 56.1 cm³/mol. The van der Waals surface area contributed by atoms with Crippen molar-refractivity contribution in [3.05, 3.63) is 23.8 Å². The minimum atomic E-state index is -0.684. The highest BCUT2D eigenvalue weighted by atomic mass is 16.5. The van der Waals surface area contributed by atoms with E-state index in [1.165, 1.54) is 0 Å². The van der Waals surface area contributed by atoms with Gasteiger partial charge in [-0.3, -0.25) is 0 Å². The molecular weight excluding hydrogens is 175 g/mol. The molecule has 0 bridgehead atoms. The Morgan fingerprint density at radius 3 is 2.57 bits per heavy atom. The number of rotatable bonds is 2. The van der Waals surface area contributed by atoms with Gasteiger partial charge in [0.05, 0.1) is 12.7 Å². The highest BCUT2D eigenvalue weighted by Gasteiger charge is 2.36. The van der Waals surface area contributed by atoms with E-state index in [9.17, 15) is 5.11 Å². The topological polar surface area (TPSA) is 29.5 Å². The number of ether oxygens (including phenoxy) is 1. The Kier molecular flexibility index (Phi) is 2.27. The molecule has 1 aromatic carbocycles. The normalized spacial score (nSPS) is 18.7. The molecule has 1 aliphatic rings. The Hall–Kier alpha value is -0.955. The zero-order chi connectivity index (χ0) is 10.2. The molecule has 2 radical (unpaired) electrons. The van der Waals surface area contributed by atoms with E-state index in [0.29, 0.717) is 5.46 Å². The summed E-state index contributed by atoms with van der Waals surface area (Å²) in [6.45, 7) is 0. The SMILES string of the molecule is [B]c1cc(OC)ccc1C1(O)CCC1. The average molecular weight is 188 g/mol. The summed E-state index contributed by atoms with van der Waals surface area (Å²) < 4.78 is 5.05. The largest absolute Gasteiger partial charge is 0.497 e. The van der Waals surface area contributed by atoms with E-state index in [4.69, 9.17) is 12.6 Å². The molecule has 1 fully saturated rings. The molecule has 0 heterocycles. The molecule has 1 aliphatic carbocycles. The maximum absolute atomic E-state index is 10.1. The molecule has 1 aromatic rings. The molecule has 1 saturated carbocycles. The van der Waals surface area contributed by atoms with Crippen molar-refractivity contribution in [1.29, 1.82) is 0 Å². The first-order valence-electron chi connectivity index (χ1n) is 4.82. The van der Waals surface area contributed by atoms with Gasteiger partial charge in [-0.05, 0) is 37.0 Å². The summed E-state index contributed by atoms with van der Waals surface area (Å²) in [5.41, 5.74) is 0.771. The van der Waals surface area contributed by atoms with Crippen LogP contribution in [0.15, 0.2) is 18.2 Å². The summed E-state index contributed by atoms with van der Waals surface area (Å²) in [6.07, 6.45) is 2.69. The molecule has 0 aromatic heterocycles. The van der Waals surface area contributed by atoms with Crippen LogP contribution in [0.1, 0.15) is 24.8 Å². The van der Waals surface area contributed by atoms with E-state index in [0.717, 1.165) is 30.6 Å². The van der Waals surface area contributed by atoms with Crippen LogP contribution >= 0.6 is 0 Å². The molecule has 0 spiro atoms. The van der Waals surface area contributed by atoms with E-state index in [1.54, 1.807) is 13.2 Å². The molecule has 0 aliphatic heterocycles. The molecule has 2 nitrogen and oxygen atoms in total. The number of methoxy groups -OCH3 is 1. The fraction of sp³-hybridized carbons (Fsp3) is 0.455. The third-order valence-corrected chi connectivity index (χ3v) is 2.94. The van der Waals surface area contributed by atoms with Crippen molar-refractivity contribution in [2.24, 2.45) is 0 Å². The van der Waals surface area contributed by atoms with Crippen molar-refractivity contribution in [1.82, 2.24) is 0 Å². The van der Waals surface area contributed by atoms with Gasteiger partial charge in [-0.15, -0.1) is 0 Å². The van der Waals surface area contributed by atoms with Crippen molar-refractivity contribution in [3.8, 4) is 5.75 Å². The van der Waals surface area contributed by atoms with Gasteiger partial charge in [0.2, 0.25) is 0 Å². The van der Waals surface area contributed by atoms with E-state index < -0.39 is 5.60 Å². The molecule has 1 N–H and O–H groups in total. The zero-order valence-corrected chi connectivity index (χ0v) is 8.29. The quantitative estimate of drug-likeness (QED) is 0.697. The fourth-order valence-electron chi connectivity index (χ4n) is 1.87. The Balaban J connectivity index is 2.35. The van der Waals surface area contributed by atoms with Gasteiger partial charge in [-0.1, -0.05) is 11.5 Å². The Morgan fingerprint density at radius 2 is 2.14 bits per heavy atom. The Labute approximate surface area is 85.3 Å². The van der Waals surface area contributed by atoms with Crippen molar-refractivity contribution in [2.75, 3.05) is 7.11 Å². The fourth-order valence-corrected chi connectivity index (χ4v) is 1.87. The van der Waals surface area contributed by atoms with Gasteiger partial charge in [0.1, 0.15) is 13.6 Å². The van der Waals surface area contributed by atoms with Crippen molar-refractivity contribution in [3.63, 3.8) is 0 Å². The van der Waals surface area contributed by atoms with Gasteiger partial charge < -0.3 is 9.84 Å². The second-order valence-electron chi connectivity index (χ2n) is 3.84. The lowest BCUT2D eigenvalue weighted by molar-refractivity contribution is -0.0378. The Bertz CT molecular complexity index is 345. The summed E-state index contributed by atoms with van der Waals surface area (Å²) in [7, 11) is 7.46. The molecule has 0 amide bonds. The second-order valence-corrected chi connectivity index (χ2v) is 3.84. The molecule has 0 saturated heterocycles. The van der Waals surface area contributed by atoms with Gasteiger partial charge in [-0.25, -0.2) is 0 Å². The summed E-state index contributed by atoms with van der Waals surface area (Å²) in [5.74, 6) is 0.731. The molecular formula is C11H13BO2. The van der Waals surface area contributed by atoms with Crippen LogP contribution in [-0.2, 0) is 5.60 Å². The molecule has 0 atom stereocenters. The number of aliphatic hydroxyl groups is 1. The number of hydrogen-bond acceptors (Lipinski definition) is 2. The van der Waals surface area contributed by atoms with E-state index in [-0.39, 0.29) is 0 Å². The highest BCUT2D eigenvalue weighted by Crippen LogP contribution is 2.40. The number of hydrogen-bond donors (Lipinski definition) is 1. The molecule has 3 heteroatoms. The average Bonchev–Trinajstić information content (AvgIpc) is 2.14. The third kappa shape index (κ3) is 1.42. The van der Waals surface area contributed by atoms with E-state index >= 15 is 0 Å². The van der Waals surface area contributed by atoms with Crippen molar-refractivity contribution < 1.29 is 9.84 Å². The number of benzene rings is 1. The van der Waals surface area contributed by atoms with Crippen LogP contribution in [0.5, 0.6) is 5.75 Å². The van der Waals surface area contributed by atoms with Gasteiger partial charge in [0.15, 0.2) is 0 Å². The first-order valence-corrected chi connectivity index (χ1v) is 4.82. The molecule has 0 unspecified atom stereocenters. The standard InChI is InChI=1S/C11H13BO2/c1-14-8-3-4-9(10(12)7-8)11(13)5-2-6-11/h3-4,7,13H,2,5-6H2,1H3. The minimum absolute atomic E-state index is 0.617. The minimum Gasteiger partial charge on any atom is -0.497 e. The lowest BCUT2D eigenvalue weighted by atomic mass is 9.70. The first kappa shape index (κ1) is 9.59. The lowest BCUT2D eigenvalue weighted by Gasteiger charge is -2.38. The van der Waals surface area contributed by atoms with Gasteiger partial charge in [-0.2, -0.15) is 0 Å². The van der Waals surface area contributed by atoms with E-state index in [1.807, 2.05) is 12.1 Å². The smallest absolute Gasteiger partial charge is 0.118 e. The first-order chi connectivity index (χ1) is 6.65. The van der Waals surface area contributed by atoms with Crippen LogP contribution in [0.25, 0.3) is 0 Å². The highest BCUT2D eigenvalue weighted by molar-refractivity contribution is 6.33. The molecule has 72 valence electrons. The van der Waals surface area contributed by atoms with Crippen LogP contribution in [0, 0.1) is 0 Å². The molecule has 2 rings (SSSR count). The van der Waals surface area contributed by atoms with Gasteiger partial charge in [0, 0.05) is 0 Å². The third-order valence-electron chi connectivity index (χ3n) is 2.94. The monoisotopic (exact) mass is 188 g/mol. The molecule has 14 heavy (non-hydrogen) atoms. The van der Waals surface area contributed by atoms with Gasteiger partial charge >= 0.3 is 0 Å². The van der Waals surface area contributed by atoms with Crippen LogP contribution in [0.2, 0.25) is 0 Å². The van der Waals surface area contributed by atoms with Crippen molar-refractivity contribution in [2.45, 2.75) is 24.9 Å². The Morgan fingerprint density at radius 1 is 1.43 bits per heavy atom. The van der Waals surface area contributed by atoms with Crippen LogP contribution in [-0.4, -0.2) is 20.1 Å². The lowest BCUT2D eigenvalue weighted by Crippen LogP contribution is -2.38. The summed E-state index contributed by atoms with van der Waals surface area (Å²) in [6, 6.07) is 5.45. The maximum atomic E-state index is 10.1. The second kappa shape index (κ2) is 3.32. The van der Waals surface area contributed by atoms with Crippen LogP contribution in [0.4, 0.5) is 0 Å². The van der Waals surface area contributed by atoms with E-state index in [2.05, 4.69) is 0 Å². The van der Waals surface area contributed by atoms with Crippen LogP contribution in [0.3, 0.4) is 0 Å². The predicted octanol–water partition coefficient (Wildman–Crippen LogP) is 0.861.